The van der Waals surface area contributed by atoms with E-state index in [0.717, 1.165) is 24.1 Å². The van der Waals surface area contributed by atoms with Gasteiger partial charge in [-0.05, 0) is 78.8 Å². The van der Waals surface area contributed by atoms with Crippen LogP contribution >= 0.6 is 23.2 Å². The Morgan fingerprint density at radius 3 is 2.64 bits per heavy atom. The first-order valence-electron chi connectivity index (χ1n) is 13.5. The van der Waals surface area contributed by atoms with E-state index in [0.29, 0.717) is 45.9 Å². The molecule has 3 atom stereocenters. The second-order valence-electron chi connectivity index (χ2n) is 10.8. The molecule has 3 aliphatic rings. The molecule has 2 aliphatic heterocycles. The number of halogens is 2. The van der Waals surface area contributed by atoms with Crippen molar-refractivity contribution in [1.82, 2.24) is 19.6 Å². The molecule has 1 aliphatic carbocycles. The van der Waals surface area contributed by atoms with Crippen molar-refractivity contribution in [2.24, 2.45) is 5.92 Å². The Hall–Kier alpha value is -4.28. The zero-order chi connectivity index (χ0) is 29.1. The minimum absolute atomic E-state index is 0.0187. The molecular weight excluding hydrogens is 581 g/mol. The van der Waals surface area contributed by atoms with Crippen molar-refractivity contribution in [1.29, 1.82) is 0 Å². The van der Waals surface area contributed by atoms with Crippen LogP contribution in [0, 0.1) is 5.92 Å². The van der Waals surface area contributed by atoms with Crippen molar-refractivity contribution < 1.29 is 19.1 Å². The first-order chi connectivity index (χ1) is 20.3. The molecule has 7 rings (SSSR count). The van der Waals surface area contributed by atoms with Gasteiger partial charge >= 0.3 is 5.97 Å². The smallest absolute Gasteiger partial charge is 0.330 e. The van der Waals surface area contributed by atoms with E-state index in [1.54, 1.807) is 42.6 Å². The van der Waals surface area contributed by atoms with E-state index in [4.69, 9.17) is 27.9 Å². The van der Waals surface area contributed by atoms with Crippen LogP contribution in [0.5, 0.6) is 0 Å². The molecule has 1 N–H and O–H groups in total. The van der Waals surface area contributed by atoms with Crippen LogP contribution in [0.4, 0.5) is 5.69 Å². The number of aromatic nitrogens is 4. The monoisotopic (exact) mass is 603 g/mol. The summed E-state index contributed by atoms with van der Waals surface area (Å²) in [5.74, 6) is -1.08. The summed E-state index contributed by atoms with van der Waals surface area (Å²) in [6, 6.07) is 12.8. The third-order valence-corrected chi connectivity index (χ3v) is 8.79. The van der Waals surface area contributed by atoms with Crippen LogP contribution in [0.3, 0.4) is 0 Å². The highest BCUT2D eigenvalue weighted by Gasteiger charge is 2.51. The number of ether oxygens (including phenoxy) is 1. The van der Waals surface area contributed by atoms with Gasteiger partial charge in [0, 0.05) is 45.9 Å². The molecule has 1 saturated carbocycles. The molecule has 4 heterocycles. The quantitative estimate of drug-likeness (QED) is 0.249. The number of fused-ring (bicyclic) bond motifs is 4. The van der Waals surface area contributed by atoms with Crippen molar-refractivity contribution in [2.45, 2.75) is 37.6 Å². The molecule has 0 spiro atoms. The largest absolute Gasteiger partial charge is 0.456 e. The Bertz CT molecular complexity index is 1860. The summed E-state index contributed by atoms with van der Waals surface area (Å²) in [6.45, 7) is -0.438. The van der Waals surface area contributed by atoms with Crippen LogP contribution in [0.1, 0.15) is 52.8 Å². The number of hydrogen-bond acceptors (Lipinski definition) is 7. The Morgan fingerprint density at radius 2 is 1.88 bits per heavy atom. The standard InChI is InChI=1S/C30H23Cl2N5O5/c31-18-3-7-23(36-13-26(32)34-35-36)21(12-18)17-10-24-19-4-5-20(19)29(37(24)28(40)11-17)30(41)42-14-25(38)16-1-6-22-15(9-16)2-8-27(39)33-22/h1,3,6-7,9-13,19-20,29H,2,4-5,8,14H2,(H,33,39)/t19-,20+,29+/m1/s1. The molecule has 0 bridgehead atoms. The topological polar surface area (TPSA) is 125 Å². The highest BCUT2D eigenvalue weighted by molar-refractivity contribution is 6.31. The normalized spacial score (nSPS) is 20.1. The number of ketones is 1. The molecule has 0 radical (unpaired) electrons. The third kappa shape index (κ3) is 4.51. The van der Waals surface area contributed by atoms with Crippen LogP contribution in [0.15, 0.2) is 59.5 Å². The summed E-state index contributed by atoms with van der Waals surface area (Å²) in [6.07, 6.45) is 4.06. The summed E-state index contributed by atoms with van der Waals surface area (Å²) in [7, 11) is 0. The van der Waals surface area contributed by atoms with Gasteiger partial charge in [0.2, 0.25) is 5.91 Å². The highest BCUT2D eigenvalue weighted by atomic mass is 35.5. The number of esters is 1. The number of anilines is 1. The number of benzene rings is 2. The zero-order valence-corrected chi connectivity index (χ0v) is 23.6. The maximum atomic E-state index is 13.6. The minimum atomic E-state index is -0.806. The lowest BCUT2D eigenvalue weighted by molar-refractivity contribution is -0.148. The lowest BCUT2D eigenvalue weighted by Crippen LogP contribution is -2.34. The molecule has 12 heteroatoms. The van der Waals surface area contributed by atoms with Gasteiger partial charge in [-0.1, -0.05) is 28.4 Å². The molecule has 0 saturated heterocycles. The zero-order valence-electron chi connectivity index (χ0n) is 22.0. The molecule has 2 aromatic carbocycles. The molecule has 42 heavy (non-hydrogen) atoms. The van der Waals surface area contributed by atoms with Gasteiger partial charge in [0.15, 0.2) is 17.5 Å². The van der Waals surface area contributed by atoms with E-state index in [-0.39, 0.29) is 34.2 Å². The Kier molecular flexibility index (Phi) is 6.47. The first kappa shape index (κ1) is 26.6. The lowest BCUT2D eigenvalue weighted by atomic mass is 9.71. The van der Waals surface area contributed by atoms with Gasteiger partial charge in [0.05, 0.1) is 11.9 Å². The maximum Gasteiger partial charge on any atom is 0.330 e. The van der Waals surface area contributed by atoms with Crippen LogP contribution in [0.25, 0.3) is 16.8 Å². The molecule has 4 aromatic rings. The second-order valence-corrected chi connectivity index (χ2v) is 11.6. The fraction of sp³-hybridized carbons (Fsp3) is 0.267. The van der Waals surface area contributed by atoms with E-state index in [1.165, 1.54) is 15.3 Å². The number of nitrogens with one attached hydrogen (secondary N) is 1. The van der Waals surface area contributed by atoms with Crippen LogP contribution in [-0.2, 0) is 20.7 Å². The van der Waals surface area contributed by atoms with E-state index in [2.05, 4.69) is 15.6 Å². The molecular formula is C30H23Cl2N5O5. The molecule has 1 amide bonds. The number of pyridine rings is 1. The fourth-order valence-electron chi connectivity index (χ4n) is 6.24. The maximum absolute atomic E-state index is 13.6. The van der Waals surface area contributed by atoms with Crippen molar-refractivity contribution in [3.8, 4) is 16.8 Å². The van der Waals surface area contributed by atoms with Gasteiger partial charge in [-0.2, -0.15) is 0 Å². The number of Topliss-reactive ketones (excluding diaryl/α,β-unsaturated/α-hetero) is 1. The van der Waals surface area contributed by atoms with Crippen molar-refractivity contribution >= 4 is 46.5 Å². The van der Waals surface area contributed by atoms with Gasteiger partial charge < -0.3 is 10.1 Å². The van der Waals surface area contributed by atoms with E-state index < -0.39 is 18.6 Å². The summed E-state index contributed by atoms with van der Waals surface area (Å²) >= 11 is 12.3. The van der Waals surface area contributed by atoms with Gasteiger partial charge in [0.25, 0.3) is 5.56 Å². The van der Waals surface area contributed by atoms with Crippen molar-refractivity contribution in [3.05, 3.63) is 92.1 Å². The van der Waals surface area contributed by atoms with Crippen molar-refractivity contribution in [2.75, 3.05) is 11.9 Å². The minimum Gasteiger partial charge on any atom is -0.456 e. The van der Waals surface area contributed by atoms with E-state index >= 15 is 0 Å². The molecule has 212 valence electrons. The number of nitrogens with zero attached hydrogens (tertiary/aromatic N) is 4. The summed E-state index contributed by atoms with van der Waals surface area (Å²) < 4.78 is 8.54. The Morgan fingerprint density at radius 1 is 1.02 bits per heavy atom. The highest BCUT2D eigenvalue weighted by Crippen LogP contribution is 2.54. The molecule has 0 unspecified atom stereocenters. The SMILES string of the molecule is O=C1CCc2cc(C(=O)COC(=O)[C@@H]3[C@H]4CC[C@H]4c4cc(-c5cc(Cl)ccc5-n5cc(Cl)nn5)cc(=O)n43)ccc2N1. The van der Waals surface area contributed by atoms with Crippen LogP contribution in [0.2, 0.25) is 10.2 Å². The number of hydrogen-bond donors (Lipinski definition) is 1. The predicted molar refractivity (Wildman–Crippen MR) is 154 cm³/mol. The van der Waals surface area contributed by atoms with Crippen LogP contribution in [-0.4, -0.2) is 43.8 Å². The molecule has 10 nitrogen and oxygen atoms in total. The number of rotatable bonds is 6. The summed E-state index contributed by atoms with van der Waals surface area (Å²) in [5, 5.41) is 11.4. The average Bonchev–Trinajstić information content (AvgIpc) is 3.48. The first-order valence-corrected chi connectivity index (χ1v) is 14.3. The van der Waals surface area contributed by atoms with Gasteiger partial charge in [-0.15, -0.1) is 5.10 Å². The van der Waals surface area contributed by atoms with Gasteiger partial charge in [-0.3, -0.25) is 19.0 Å². The summed E-state index contributed by atoms with van der Waals surface area (Å²) in [5.41, 5.74) is 4.31. The van der Waals surface area contributed by atoms with E-state index in [9.17, 15) is 19.2 Å². The number of carbonyl (C=O) groups is 3. The third-order valence-electron chi connectivity index (χ3n) is 8.38. The second kappa shape index (κ2) is 10.2. The molecule has 2 aromatic heterocycles. The number of aryl methyl sites for hydroxylation is 1. The predicted octanol–water partition coefficient (Wildman–Crippen LogP) is 4.76. The van der Waals surface area contributed by atoms with Crippen LogP contribution < -0.4 is 10.9 Å². The van der Waals surface area contributed by atoms with E-state index in [1.807, 2.05) is 6.07 Å². The summed E-state index contributed by atoms with van der Waals surface area (Å²) in [4.78, 5) is 51.4. The lowest BCUT2D eigenvalue weighted by Gasteiger charge is -2.32. The fourth-order valence-corrected chi connectivity index (χ4v) is 6.54. The average molecular weight is 604 g/mol. The molecule has 1 fully saturated rings. The number of carbonyl (C=O) groups excluding carboxylic acids is 3. The van der Waals surface area contributed by atoms with Gasteiger partial charge in [0.1, 0.15) is 6.04 Å². The Labute approximate surface area is 249 Å². The van der Waals surface area contributed by atoms with Gasteiger partial charge in [-0.25, -0.2) is 9.48 Å². The van der Waals surface area contributed by atoms with Crippen molar-refractivity contribution in [3.63, 3.8) is 0 Å². The number of amides is 1. The Balaban J connectivity index is 1.15.